The summed E-state index contributed by atoms with van der Waals surface area (Å²) in [4.78, 5) is 8.36. The first-order valence-corrected chi connectivity index (χ1v) is 9.22. The molecule has 0 unspecified atom stereocenters. The molecule has 8 heteroatoms. The predicted octanol–water partition coefficient (Wildman–Crippen LogP) is 3.75. The van der Waals surface area contributed by atoms with Gasteiger partial charge in [0.2, 0.25) is 10.0 Å². The van der Waals surface area contributed by atoms with Crippen molar-refractivity contribution < 1.29 is 8.42 Å². The van der Waals surface area contributed by atoms with Crippen LogP contribution in [0.1, 0.15) is 26.7 Å². The minimum Gasteiger partial charge on any atom is -0.231 e. The smallest absolute Gasteiger partial charge is 0.231 e. The van der Waals surface area contributed by atoms with Crippen LogP contribution in [0.4, 0.5) is 0 Å². The van der Waals surface area contributed by atoms with E-state index in [4.69, 9.17) is 23.2 Å². The molecule has 2 rings (SSSR count). The molecule has 0 aliphatic carbocycles. The minimum atomic E-state index is -3.55. The van der Waals surface area contributed by atoms with E-state index in [0.717, 1.165) is 12.8 Å². The van der Waals surface area contributed by atoms with Crippen LogP contribution in [-0.2, 0) is 10.0 Å². The summed E-state index contributed by atoms with van der Waals surface area (Å²) in [6.45, 7) is 4.88. The fourth-order valence-electron chi connectivity index (χ4n) is 2.15. The van der Waals surface area contributed by atoms with Crippen molar-refractivity contribution >= 4 is 44.3 Å². The quantitative estimate of drug-likeness (QED) is 0.785. The second-order valence-electron chi connectivity index (χ2n) is 4.86. The Morgan fingerprint density at radius 1 is 1.00 bits per heavy atom. The molecule has 1 aromatic carbocycles. The van der Waals surface area contributed by atoms with Gasteiger partial charge in [-0.15, -0.1) is 0 Å². The Labute approximate surface area is 140 Å². The molecule has 2 aromatic rings. The third-order valence-electron chi connectivity index (χ3n) is 3.14. The molecule has 0 fully saturated rings. The van der Waals surface area contributed by atoms with Gasteiger partial charge < -0.3 is 0 Å². The third kappa shape index (κ3) is 3.51. The van der Waals surface area contributed by atoms with E-state index in [0.29, 0.717) is 24.1 Å². The Bertz CT molecular complexity index is 775. The summed E-state index contributed by atoms with van der Waals surface area (Å²) in [5, 5.41) is 0.158. The highest BCUT2D eigenvalue weighted by Crippen LogP contribution is 2.24. The van der Waals surface area contributed by atoms with Crippen molar-refractivity contribution in [3.8, 4) is 0 Å². The number of rotatable bonds is 6. The van der Waals surface area contributed by atoms with E-state index in [2.05, 4.69) is 9.97 Å². The second kappa shape index (κ2) is 7.08. The first-order valence-electron chi connectivity index (χ1n) is 7.03. The molecule has 1 aromatic heterocycles. The Kier molecular flexibility index (Phi) is 5.60. The van der Waals surface area contributed by atoms with Gasteiger partial charge in [-0.1, -0.05) is 37.0 Å². The summed E-state index contributed by atoms with van der Waals surface area (Å²) in [5.74, 6) is 0. The van der Waals surface area contributed by atoms with Crippen molar-refractivity contribution in [3.05, 3.63) is 28.5 Å². The van der Waals surface area contributed by atoms with Crippen molar-refractivity contribution in [3.63, 3.8) is 0 Å². The highest BCUT2D eigenvalue weighted by atomic mass is 35.5. The van der Waals surface area contributed by atoms with Gasteiger partial charge in [-0.2, -0.15) is 4.31 Å². The number of sulfonamides is 1. The first kappa shape index (κ1) is 17.4. The Morgan fingerprint density at radius 2 is 1.55 bits per heavy atom. The number of benzene rings is 1. The maximum absolute atomic E-state index is 12.7. The summed E-state index contributed by atoms with van der Waals surface area (Å²) in [6, 6.07) is 4.60. The van der Waals surface area contributed by atoms with E-state index < -0.39 is 10.0 Å². The number of hydrogen-bond donors (Lipinski definition) is 0. The van der Waals surface area contributed by atoms with Crippen LogP contribution in [0.25, 0.3) is 11.0 Å². The number of fused-ring (bicyclic) bond motifs is 1. The van der Waals surface area contributed by atoms with E-state index in [1.807, 2.05) is 13.8 Å². The zero-order valence-electron chi connectivity index (χ0n) is 12.4. The largest absolute Gasteiger partial charge is 0.243 e. The van der Waals surface area contributed by atoms with E-state index in [1.54, 1.807) is 6.07 Å². The van der Waals surface area contributed by atoms with Crippen LogP contribution >= 0.6 is 23.2 Å². The molecule has 0 N–H and O–H groups in total. The van der Waals surface area contributed by atoms with Gasteiger partial charge in [0.15, 0.2) is 10.3 Å². The molecule has 0 bridgehead atoms. The van der Waals surface area contributed by atoms with Gasteiger partial charge in [0.05, 0.1) is 15.9 Å². The molecule has 5 nitrogen and oxygen atoms in total. The van der Waals surface area contributed by atoms with Gasteiger partial charge in [-0.25, -0.2) is 18.4 Å². The lowest BCUT2D eigenvalue weighted by molar-refractivity contribution is 0.410. The fourth-order valence-corrected chi connectivity index (χ4v) is 4.06. The van der Waals surface area contributed by atoms with Gasteiger partial charge in [0.25, 0.3) is 0 Å². The van der Waals surface area contributed by atoms with E-state index in [1.165, 1.54) is 16.4 Å². The summed E-state index contributed by atoms with van der Waals surface area (Å²) in [7, 11) is -3.55. The van der Waals surface area contributed by atoms with E-state index in [9.17, 15) is 8.42 Å². The van der Waals surface area contributed by atoms with Crippen LogP contribution in [0.15, 0.2) is 23.1 Å². The summed E-state index contributed by atoms with van der Waals surface area (Å²) in [5.41, 5.74) is 0.911. The highest BCUT2D eigenvalue weighted by Gasteiger charge is 2.23. The summed E-state index contributed by atoms with van der Waals surface area (Å²) >= 11 is 11.7. The fraction of sp³-hybridized carbons (Fsp3) is 0.429. The Hall–Kier alpha value is -0.950. The van der Waals surface area contributed by atoms with Crippen molar-refractivity contribution in [2.45, 2.75) is 31.6 Å². The molecular formula is C14H17Cl2N3O2S. The lowest BCUT2D eigenvalue weighted by Gasteiger charge is -2.21. The maximum atomic E-state index is 12.7. The molecule has 0 saturated carbocycles. The van der Waals surface area contributed by atoms with Crippen LogP contribution in [-0.4, -0.2) is 35.8 Å². The first-order chi connectivity index (χ1) is 10.4. The van der Waals surface area contributed by atoms with Crippen molar-refractivity contribution in [1.82, 2.24) is 14.3 Å². The van der Waals surface area contributed by atoms with Crippen LogP contribution < -0.4 is 0 Å². The summed E-state index contributed by atoms with van der Waals surface area (Å²) in [6.07, 6.45) is 1.52. The molecule has 0 saturated heterocycles. The zero-order valence-corrected chi connectivity index (χ0v) is 14.7. The molecule has 0 aliphatic rings. The minimum absolute atomic E-state index is 0.0580. The molecule has 0 radical (unpaired) electrons. The predicted molar refractivity (Wildman–Crippen MR) is 88.9 cm³/mol. The number of hydrogen-bond acceptors (Lipinski definition) is 4. The number of nitrogens with zero attached hydrogens (tertiary/aromatic N) is 3. The average molecular weight is 362 g/mol. The maximum Gasteiger partial charge on any atom is 0.243 e. The van der Waals surface area contributed by atoms with Gasteiger partial charge in [-0.3, -0.25) is 0 Å². The average Bonchev–Trinajstić information content (AvgIpc) is 2.47. The van der Waals surface area contributed by atoms with E-state index >= 15 is 0 Å². The Morgan fingerprint density at radius 3 is 2.09 bits per heavy atom. The van der Waals surface area contributed by atoms with Gasteiger partial charge in [0, 0.05) is 13.1 Å². The lowest BCUT2D eigenvalue weighted by atomic mass is 10.3. The monoisotopic (exact) mass is 361 g/mol. The molecule has 0 aliphatic heterocycles. The molecular weight excluding hydrogens is 345 g/mol. The summed E-state index contributed by atoms with van der Waals surface area (Å²) < 4.78 is 26.9. The Balaban J connectivity index is 2.50. The van der Waals surface area contributed by atoms with Crippen LogP contribution in [0.3, 0.4) is 0 Å². The zero-order chi connectivity index (χ0) is 16.3. The van der Waals surface area contributed by atoms with Gasteiger partial charge in [-0.05, 0) is 31.0 Å². The SMILES string of the molecule is CCCN(CCC)S(=O)(=O)c1ccc2nc(Cl)c(Cl)nc2c1. The second-order valence-corrected chi connectivity index (χ2v) is 7.51. The van der Waals surface area contributed by atoms with Crippen molar-refractivity contribution in [1.29, 1.82) is 0 Å². The third-order valence-corrected chi connectivity index (χ3v) is 5.66. The molecule has 0 amide bonds. The standard InChI is InChI=1S/C14H17Cl2N3O2S/c1-3-7-19(8-4-2)22(20,21)10-5-6-11-12(9-10)18-14(16)13(15)17-11/h5-6,9H,3-4,7-8H2,1-2H3. The molecule has 0 spiro atoms. The van der Waals surface area contributed by atoms with Crippen LogP contribution in [0.5, 0.6) is 0 Å². The molecule has 22 heavy (non-hydrogen) atoms. The molecule has 120 valence electrons. The number of aromatic nitrogens is 2. The van der Waals surface area contributed by atoms with Crippen LogP contribution in [0.2, 0.25) is 10.3 Å². The molecule has 0 atom stereocenters. The highest BCUT2D eigenvalue weighted by molar-refractivity contribution is 7.89. The van der Waals surface area contributed by atoms with Crippen molar-refractivity contribution in [2.75, 3.05) is 13.1 Å². The molecule has 1 heterocycles. The van der Waals surface area contributed by atoms with Crippen LogP contribution in [0, 0.1) is 0 Å². The lowest BCUT2D eigenvalue weighted by Crippen LogP contribution is -2.32. The number of halogens is 2. The van der Waals surface area contributed by atoms with E-state index in [-0.39, 0.29) is 15.2 Å². The van der Waals surface area contributed by atoms with Gasteiger partial charge in [0.1, 0.15) is 0 Å². The van der Waals surface area contributed by atoms with Gasteiger partial charge >= 0.3 is 0 Å². The normalized spacial score (nSPS) is 12.2. The van der Waals surface area contributed by atoms with Crippen molar-refractivity contribution in [2.24, 2.45) is 0 Å². The topological polar surface area (TPSA) is 63.2 Å².